The molecule has 1 N–H and O–H groups in total. The fourth-order valence-electron chi connectivity index (χ4n) is 2.50. The second-order valence-electron chi connectivity index (χ2n) is 5.48. The van der Waals surface area contributed by atoms with E-state index in [1.54, 1.807) is 29.7 Å². The summed E-state index contributed by atoms with van der Waals surface area (Å²) in [5.41, 5.74) is 2.93. The van der Waals surface area contributed by atoms with Crippen LogP contribution in [0.1, 0.15) is 27.3 Å². The number of nitrogens with zero attached hydrogens (tertiary/aromatic N) is 5. The summed E-state index contributed by atoms with van der Waals surface area (Å²) < 4.78 is 3.30. The lowest BCUT2D eigenvalue weighted by Crippen LogP contribution is -2.15. The minimum atomic E-state index is -0.270. The molecule has 24 heavy (non-hydrogen) atoms. The van der Waals surface area contributed by atoms with E-state index in [1.165, 1.54) is 0 Å². The lowest BCUT2D eigenvalue weighted by molar-refractivity contribution is 0.102. The SMILES string of the molecule is Cc1nn(C)c(C)c1C(=O)Nc1ncn(Cc2ccccc2Cl)n1. The quantitative estimate of drug-likeness (QED) is 0.789. The van der Waals surface area contributed by atoms with Crippen LogP contribution in [-0.2, 0) is 13.6 Å². The Morgan fingerprint density at radius 3 is 2.67 bits per heavy atom. The zero-order chi connectivity index (χ0) is 17.3. The van der Waals surface area contributed by atoms with E-state index in [4.69, 9.17) is 11.6 Å². The molecule has 0 spiro atoms. The van der Waals surface area contributed by atoms with Gasteiger partial charge in [-0.1, -0.05) is 29.8 Å². The molecule has 1 amide bonds. The number of halogens is 1. The molecule has 0 saturated carbocycles. The second kappa shape index (κ2) is 6.45. The number of anilines is 1. The predicted octanol–water partition coefficient (Wildman–Crippen LogP) is 2.58. The highest BCUT2D eigenvalue weighted by Crippen LogP contribution is 2.16. The first-order valence-electron chi connectivity index (χ1n) is 7.40. The van der Waals surface area contributed by atoms with Crippen molar-refractivity contribution in [2.45, 2.75) is 20.4 Å². The summed E-state index contributed by atoms with van der Waals surface area (Å²) in [5.74, 6) is -0.0247. The van der Waals surface area contributed by atoms with Gasteiger partial charge in [0.05, 0.1) is 17.8 Å². The fraction of sp³-hybridized carbons (Fsp3) is 0.250. The van der Waals surface area contributed by atoms with Gasteiger partial charge in [0, 0.05) is 17.8 Å². The van der Waals surface area contributed by atoms with Crippen molar-refractivity contribution in [2.24, 2.45) is 7.05 Å². The summed E-state index contributed by atoms with van der Waals surface area (Å²) in [6.07, 6.45) is 1.56. The van der Waals surface area contributed by atoms with Crippen molar-refractivity contribution in [3.8, 4) is 0 Å². The highest BCUT2D eigenvalue weighted by molar-refractivity contribution is 6.31. The minimum absolute atomic E-state index is 0.245. The van der Waals surface area contributed by atoms with E-state index in [0.717, 1.165) is 11.3 Å². The third-order valence-electron chi connectivity index (χ3n) is 3.79. The van der Waals surface area contributed by atoms with Gasteiger partial charge in [0.2, 0.25) is 5.95 Å². The second-order valence-corrected chi connectivity index (χ2v) is 5.89. The number of benzene rings is 1. The van der Waals surface area contributed by atoms with Crippen LogP contribution in [0.25, 0.3) is 0 Å². The largest absolute Gasteiger partial charge is 0.289 e. The standard InChI is InChI=1S/C16H17ClN6O/c1-10-14(11(2)22(3)20-10)15(24)19-16-18-9-23(21-16)8-12-6-4-5-7-13(12)17/h4-7,9H,8H2,1-3H3,(H,19,21,24). The molecule has 0 radical (unpaired) electrons. The maximum Gasteiger partial charge on any atom is 0.261 e. The summed E-state index contributed by atoms with van der Waals surface area (Å²) >= 11 is 6.14. The van der Waals surface area contributed by atoms with Crippen LogP contribution in [0.15, 0.2) is 30.6 Å². The Kier molecular flexibility index (Phi) is 4.35. The van der Waals surface area contributed by atoms with Crippen molar-refractivity contribution < 1.29 is 4.79 Å². The van der Waals surface area contributed by atoms with Gasteiger partial charge >= 0.3 is 0 Å². The molecule has 0 saturated heterocycles. The molecule has 0 aliphatic heterocycles. The molecule has 0 atom stereocenters. The zero-order valence-electron chi connectivity index (χ0n) is 13.6. The first kappa shape index (κ1) is 16.2. The molecule has 0 aliphatic carbocycles. The predicted molar refractivity (Wildman–Crippen MR) is 91.2 cm³/mol. The summed E-state index contributed by atoms with van der Waals surface area (Å²) in [4.78, 5) is 16.5. The van der Waals surface area contributed by atoms with Gasteiger partial charge in [0.25, 0.3) is 5.91 Å². The third kappa shape index (κ3) is 3.16. The van der Waals surface area contributed by atoms with Gasteiger partial charge in [-0.25, -0.2) is 9.67 Å². The summed E-state index contributed by atoms with van der Waals surface area (Å²) in [6.45, 7) is 4.12. The summed E-state index contributed by atoms with van der Waals surface area (Å²) in [7, 11) is 1.80. The van der Waals surface area contributed by atoms with E-state index in [-0.39, 0.29) is 11.9 Å². The molecule has 2 aromatic heterocycles. The Morgan fingerprint density at radius 2 is 2.00 bits per heavy atom. The number of nitrogens with one attached hydrogen (secondary N) is 1. The number of hydrogen-bond donors (Lipinski definition) is 1. The lowest BCUT2D eigenvalue weighted by Gasteiger charge is -2.03. The van der Waals surface area contributed by atoms with Crippen molar-refractivity contribution in [3.05, 3.63) is 58.1 Å². The molecule has 2 heterocycles. The van der Waals surface area contributed by atoms with Crippen LogP contribution in [0.5, 0.6) is 0 Å². The third-order valence-corrected chi connectivity index (χ3v) is 4.16. The summed E-state index contributed by atoms with van der Waals surface area (Å²) in [5, 5.41) is 11.9. The van der Waals surface area contributed by atoms with Crippen molar-refractivity contribution >= 4 is 23.5 Å². The van der Waals surface area contributed by atoms with Crippen LogP contribution in [-0.4, -0.2) is 30.5 Å². The minimum Gasteiger partial charge on any atom is -0.289 e. The molecule has 0 aliphatic rings. The van der Waals surface area contributed by atoms with E-state index in [9.17, 15) is 4.79 Å². The molecule has 0 fully saturated rings. The van der Waals surface area contributed by atoms with Crippen LogP contribution in [0.2, 0.25) is 5.02 Å². The summed E-state index contributed by atoms with van der Waals surface area (Å²) in [6, 6.07) is 7.53. The number of amides is 1. The number of aryl methyl sites for hydroxylation is 2. The average molecular weight is 345 g/mol. The maximum atomic E-state index is 12.4. The molecule has 1 aromatic carbocycles. The molecular formula is C16H17ClN6O. The van der Waals surface area contributed by atoms with Crippen LogP contribution in [0, 0.1) is 13.8 Å². The number of carbonyl (C=O) groups is 1. The maximum absolute atomic E-state index is 12.4. The van der Waals surface area contributed by atoms with E-state index >= 15 is 0 Å². The molecule has 124 valence electrons. The fourth-order valence-corrected chi connectivity index (χ4v) is 2.69. The van der Waals surface area contributed by atoms with E-state index in [2.05, 4.69) is 20.5 Å². The number of hydrogen-bond acceptors (Lipinski definition) is 4. The topological polar surface area (TPSA) is 77.6 Å². The number of carbonyl (C=O) groups excluding carboxylic acids is 1. The van der Waals surface area contributed by atoms with Crippen molar-refractivity contribution in [1.29, 1.82) is 0 Å². The Bertz CT molecular complexity index is 898. The van der Waals surface area contributed by atoms with Crippen molar-refractivity contribution in [2.75, 3.05) is 5.32 Å². The number of rotatable bonds is 4. The van der Waals surface area contributed by atoms with Gasteiger partial charge in [0.1, 0.15) is 6.33 Å². The van der Waals surface area contributed by atoms with Gasteiger partial charge in [0.15, 0.2) is 0 Å². The van der Waals surface area contributed by atoms with Gasteiger partial charge < -0.3 is 0 Å². The highest BCUT2D eigenvalue weighted by Gasteiger charge is 2.18. The van der Waals surface area contributed by atoms with Gasteiger partial charge in [-0.2, -0.15) is 5.10 Å². The number of aromatic nitrogens is 5. The van der Waals surface area contributed by atoms with Crippen LogP contribution >= 0.6 is 11.6 Å². The molecule has 0 unspecified atom stereocenters. The normalized spacial score (nSPS) is 10.8. The van der Waals surface area contributed by atoms with Gasteiger partial charge in [-0.05, 0) is 25.5 Å². The molecule has 0 bridgehead atoms. The van der Waals surface area contributed by atoms with Crippen molar-refractivity contribution in [3.63, 3.8) is 0 Å². The Labute approximate surface area is 144 Å². The van der Waals surface area contributed by atoms with Crippen LogP contribution in [0.4, 0.5) is 5.95 Å². The highest BCUT2D eigenvalue weighted by atomic mass is 35.5. The van der Waals surface area contributed by atoms with Gasteiger partial charge in [-0.15, -0.1) is 5.10 Å². The first-order valence-corrected chi connectivity index (χ1v) is 7.78. The smallest absolute Gasteiger partial charge is 0.261 e. The Morgan fingerprint density at radius 1 is 1.25 bits per heavy atom. The van der Waals surface area contributed by atoms with Crippen LogP contribution in [0.3, 0.4) is 0 Å². The van der Waals surface area contributed by atoms with E-state index in [0.29, 0.717) is 22.8 Å². The van der Waals surface area contributed by atoms with E-state index in [1.807, 2.05) is 31.2 Å². The Hall–Kier alpha value is -2.67. The lowest BCUT2D eigenvalue weighted by atomic mass is 10.2. The average Bonchev–Trinajstić information content (AvgIpc) is 3.06. The van der Waals surface area contributed by atoms with Crippen LogP contribution < -0.4 is 5.32 Å². The molecule has 8 heteroatoms. The Balaban J connectivity index is 1.74. The first-order chi connectivity index (χ1) is 11.5. The van der Waals surface area contributed by atoms with E-state index < -0.39 is 0 Å². The molecular weight excluding hydrogens is 328 g/mol. The monoisotopic (exact) mass is 344 g/mol. The van der Waals surface area contributed by atoms with Crippen molar-refractivity contribution in [1.82, 2.24) is 24.5 Å². The van der Waals surface area contributed by atoms with Gasteiger partial charge in [-0.3, -0.25) is 14.8 Å². The zero-order valence-corrected chi connectivity index (χ0v) is 14.4. The molecule has 7 nitrogen and oxygen atoms in total. The molecule has 3 aromatic rings. The molecule has 3 rings (SSSR count).